The minimum atomic E-state index is -5.45. The van der Waals surface area contributed by atoms with Gasteiger partial charge in [0.2, 0.25) is 35.7 Å². The molecule has 0 amide bonds. The fraction of sp³-hybridized carbons (Fsp3) is 0.190. The number of nitrogens with two attached hydrogens (primary N) is 2. The number of hydrogen-bond donors (Lipinski definition) is 14. The molecule has 644 valence electrons. The summed E-state index contributed by atoms with van der Waals surface area (Å²) >= 11 is 0.283. The van der Waals surface area contributed by atoms with E-state index in [2.05, 4.69) is 66.8 Å². The van der Waals surface area contributed by atoms with Crippen molar-refractivity contribution in [1.29, 1.82) is 0 Å². The fourth-order valence-corrected chi connectivity index (χ4v) is 20.2. The van der Waals surface area contributed by atoms with Gasteiger partial charge in [0.1, 0.15) is 14.7 Å². The number of pyridine rings is 2. The molecule has 4 aromatic heterocycles. The van der Waals surface area contributed by atoms with Crippen LogP contribution in [0.15, 0.2) is 185 Å². The molecular weight excluding hydrogens is 1750 g/mol. The predicted octanol–water partition coefficient (Wildman–Crippen LogP) is 10.5. The first-order valence-electron chi connectivity index (χ1n) is 37.7. The summed E-state index contributed by atoms with van der Waals surface area (Å²) < 4.78 is 187. The smallest absolute Gasteiger partial charge is 0.296 e. The monoisotopic (exact) mass is 1820 g/mol. The highest BCUT2D eigenvalue weighted by atomic mass is 32.2. The lowest BCUT2D eigenvalue weighted by atomic mass is 9.75. The second-order valence-corrected chi connectivity index (χ2v) is 37.6. The van der Waals surface area contributed by atoms with Crippen molar-refractivity contribution in [1.82, 2.24) is 39.0 Å². The summed E-state index contributed by atoms with van der Waals surface area (Å²) in [7, 11) is -23.1. The molecule has 0 spiro atoms. The largest absolute Gasteiger partial charge is 0.368 e. The third-order valence-corrected chi connectivity index (χ3v) is 27.2. The molecule has 125 heavy (non-hydrogen) atoms. The average Bonchev–Trinajstić information content (AvgIpc) is 0.708. The third kappa shape index (κ3) is 16.7. The Morgan fingerprint density at radius 1 is 0.424 bits per heavy atom. The van der Waals surface area contributed by atoms with Gasteiger partial charge < -0.3 is 52.5 Å². The molecule has 4 heterocycles. The number of carbonyl (C=O) groups is 4. The summed E-state index contributed by atoms with van der Waals surface area (Å²) in [5.74, 6) is -3.96. The molecule has 0 saturated heterocycles. The Balaban J connectivity index is 0.597. The highest BCUT2D eigenvalue weighted by molar-refractivity contribution is 7.94. The lowest BCUT2D eigenvalue weighted by Crippen LogP contribution is -2.30. The zero-order chi connectivity index (χ0) is 89.0. The van der Waals surface area contributed by atoms with E-state index < -0.39 is 138 Å². The molecule has 4 aliphatic rings. The van der Waals surface area contributed by atoms with Gasteiger partial charge in [-0.25, -0.2) is 5.26 Å². The Bertz CT molecular complexity index is 7430. The number of anilines is 12. The van der Waals surface area contributed by atoms with Crippen LogP contribution in [-0.4, -0.2) is 144 Å². The van der Waals surface area contributed by atoms with E-state index in [9.17, 15) is 98.9 Å². The Hall–Kier alpha value is -12.9. The van der Waals surface area contributed by atoms with Crippen molar-refractivity contribution >= 4 is 177 Å². The maximum atomic E-state index is 14.9. The quantitative estimate of drug-likeness (QED) is 0.00787. The highest BCUT2D eigenvalue weighted by Crippen LogP contribution is 2.49. The zero-order valence-electron chi connectivity index (χ0n) is 64.7. The molecule has 40 nitrogen and oxygen atoms in total. The molecule has 0 unspecified atom stereocenters. The van der Waals surface area contributed by atoms with Gasteiger partial charge in [0, 0.05) is 70.3 Å². The Morgan fingerprint density at radius 3 is 1.20 bits per heavy atom. The summed E-state index contributed by atoms with van der Waals surface area (Å²) in [6.07, 6.45) is 6.72. The second kappa shape index (κ2) is 32.6. The first-order chi connectivity index (χ1) is 59.2. The van der Waals surface area contributed by atoms with Gasteiger partial charge >= 0.3 is 0 Å². The van der Waals surface area contributed by atoms with Crippen LogP contribution < -0.4 is 54.5 Å². The molecule has 12 aromatic rings. The van der Waals surface area contributed by atoms with E-state index in [0.29, 0.717) is 43.6 Å². The average molecular weight is 1820 g/mol. The van der Waals surface area contributed by atoms with Gasteiger partial charge in [-0.2, -0.15) is 72.0 Å². The first kappa shape index (κ1) is 85.6. The third-order valence-electron chi connectivity index (χ3n) is 22.2. The Morgan fingerprint density at radius 2 is 0.800 bits per heavy atom. The van der Waals surface area contributed by atoms with E-state index in [-0.39, 0.29) is 159 Å². The Labute approximate surface area is 712 Å². The summed E-state index contributed by atoms with van der Waals surface area (Å²) in [6.45, 7) is 0. The van der Waals surface area contributed by atoms with E-state index >= 15 is 0 Å². The summed E-state index contributed by atoms with van der Waals surface area (Å²) in [5, 5.41) is 31.1. The number of hydrogen-bond acceptors (Lipinski definition) is 34. The van der Waals surface area contributed by atoms with E-state index in [4.69, 9.17) is 15.8 Å². The Kier molecular flexibility index (Phi) is 22.3. The van der Waals surface area contributed by atoms with Gasteiger partial charge in [0.15, 0.2) is 23.1 Å². The number of nitrogens with zero attached hydrogens (tertiary/aromatic N) is 8. The number of ketones is 4. The maximum Gasteiger partial charge on any atom is 0.296 e. The molecule has 0 bridgehead atoms. The lowest BCUT2D eigenvalue weighted by molar-refractivity contribution is -0.432. The van der Waals surface area contributed by atoms with Crippen LogP contribution in [0.4, 0.5) is 69.8 Å². The molecule has 2 fully saturated rings. The van der Waals surface area contributed by atoms with Crippen LogP contribution in [0.2, 0.25) is 0 Å². The van der Waals surface area contributed by atoms with Crippen molar-refractivity contribution in [2.75, 3.05) is 43.4 Å². The van der Waals surface area contributed by atoms with Crippen LogP contribution in [-0.2, 0) is 74.1 Å². The molecule has 46 heteroatoms. The number of fused-ring (bicyclic) bond motifs is 4. The van der Waals surface area contributed by atoms with Crippen molar-refractivity contribution in [3.05, 3.63) is 211 Å². The number of nitrogen functional groups attached to an aromatic ring is 2. The van der Waals surface area contributed by atoms with E-state index in [1.165, 1.54) is 111 Å². The van der Waals surface area contributed by atoms with Crippen molar-refractivity contribution in [3.8, 4) is 22.3 Å². The van der Waals surface area contributed by atoms with Gasteiger partial charge in [0.25, 0.3) is 61.7 Å². The van der Waals surface area contributed by atoms with Gasteiger partial charge in [-0.15, -0.1) is 4.33 Å². The van der Waals surface area contributed by atoms with E-state index in [1.54, 1.807) is 6.07 Å². The predicted molar refractivity (Wildman–Crippen MR) is 453 cm³/mol. The van der Waals surface area contributed by atoms with Gasteiger partial charge in [0.05, 0.1) is 94.1 Å². The van der Waals surface area contributed by atoms with Gasteiger partial charge in [-0.1, -0.05) is 77.8 Å². The fourth-order valence-electron chi connectivity index (χ4n) is 16.6. The van der Waals surface area contributed by atoms with Crippen LogP contribution in [0.3, 0.4) is 0 Å². The minimum Gasteiger partial charge on any atom is -0.368 e. The van der Waals surface area contributed by atoms with Crippen molar-refractivity contribution in [2.24, 2.45) is 25.9 Å². The lowest BCUT2D eigenvalue weighted by Gasteiger charge is -2.34. The number of carbonyl (C=O) groups excluding carboxylic acids is 4. The molecule has 0 radical (unpaired) electrons. The second-order valence-electron chi connectivity index (χ2n) is 29.9. The van der Waals surface area contributed by atoms with E-state index in [1.807, 2.05) is 0 Å². The number of rotatable bonds is 26. The molecule has 4 aliphatic carbocycles. The molecular formula is C79H68N16O24S6. The maximum absolute atomic E-state index is 14.9. The van der Waals surface area contributed by atoms with Crippen molar-refractivity contribution < 1.29 is 98.7 Å². The summed E-state index contributed by atoms with van der Waals surface area (Å²) in [5.41, 5.74) is 7.13. The van der Waals surface area contributed by atoms with Gasteiger partial charge in [-0.3, -0.25) is 51.5 Å². The molecule has 0 atom stereocenters. The minimum absolute atomic E-state index is 0.00943. The van der Waals surface area contributed by atoms with E-state index in [0.717, 1.165) is 77.6 Å². The SMILES string of the molecule is Cn1c(=O)c(C(=O)c2cccc(S(=O)(=O)O)c2)c2c3c(c(Nc4cc(Nc5nc(N)nc(NC6CCC(CC7CCC(Nc8nc(N)nc(Nc9cc(Nc%10ccc%11c%12c%10C(=O)c%10ccccc%10-c%12c(C(=O)c%10cccc(S(=O)(=O)O)c%10)c(=O)n%11C)c(S(=O)(=O)O)cc9S(=O)(=O)O)n8)CC7)CC6)n5)c(SOOO)cc4S(=O)(=O)O)ccc31)C(=O)c1ccccc1-2. The topological polar surface area (TPSA) is 624 Å². The van der Waals surface area contributed by atoms with Crippen LogP contribution in [0.25, 0.3) is 44.1 Å². The number of aromatic nitrogens is 8. The van der Waals surface area contributed by atoms with Crippen molar-refractivity contribution in [3.63, 3.8) is 0 Å². The zero-order valence-corrected chi connectivity index (χ0v) is 69.6. The molecule has 0 aliphatic heterocycles. The normalized spacial score (nSPS) is 16.4. The first-order valence-corrected chi connectivity index (χ1v) is 45.6. The van der Waals surface area contributed by atoms with Gasteiger partial charge in [-0.05, 0) is 154 Å². The molecule has 2 saturated carbocycles. The number of aryl methyl sites for hydroxylation is 2. The highest BCUT2D eigenvalue weighted by Gasteiger charge is 2.39. The summed E-state index contributed by atoms with van der Waals surface area (Å²) in [4.78, 5) is 109. The van der Waals surface area contributed by atoms with Crippen LogP contribution >= 0.6 is 12.0 Å². The number of nitrogens with one attached hydrogen (secondary N) is 6. The van der Waals surface area contributed by atoms with Crippen molar-refractivity contribution in [2.45, 2.75) is 99.2 Å². The molecule has 16 N–H and O–H groups in total. The standard InChI is InChI=1S/C79H68N16O24S6/c1-94-54-27-25-48(62-64(54)60(44-13-3-5-15-46(44)70(62)98)66(72(94)100)68(96)38-9-7-11-42(30-38)121(103,104)105)84-51-32-50(56(120-119-118-102)34-57(51)123(109,110)111)86-78-90-74(80)88-76(92-78)82-40-21-17-36(18-22-40)29-37-19-23-41(24-20-37)83-77-89-75(81)91-79(93-77)87-53-33-52(58(124(112,113)114)35-59(53)125(115,116)117)85-49-26-28-55-65-61(45-14-4-6-16-47(45)71(99)63(49)65)67(73(101)95(55)2)69(97)39-10-8-12-43(31-39)122(106,107)108/h3-16,25-28,30-37,40-41,84-85,102H,17-24,29H2,1-2H3,(H,103,104,105)(H,106,107,108)(H,109,110,111)(H,112,113,114)(H,115,116,117)(H4,80,82,86,88,90,92)(H4,81,83,87,89,91,93). The van der Waals surface area contributed by atoms with Crippen LogP contribution in [0, 0.1) is 11.8 Å². The van der Waals surface area contributed by atoms with Crippen LogP contribution in [0.5, 0.6) is 0 Å². The number of benzene rings is 8. The summed E-state index contributed by atoms with van der Waals surface area (Å²) in [6, 6.07) is 29.1. The van der Waals surface area contributed by atoms with Crippen LogP contribution in [0.1, 0.15) is 121 Å². The molecule has 16 rings (SSSR count). The molecule has 8 aromatic carbocycles.